The highest BCUT2D eigenvalue weighted by molar-refractivity contribution is 5.94. The van der Waals surface area contributed by atoms with E-state index in [9.17, 15) is 9.18 Å². The number of nitrogens with one attached hydrogen (secondary N) is 1. The van der Waals surface area contributed by atoms with Crippen LogP contribution in [0, 0.1) is 12.7 Å². The minimum Gasteiger partial charge on any atom is -0.397 e. The molecule has 0 unspecified atom stereocenters. The molecule has 0 radical (unpaired) electrons. The number of pyridine rings is 1. The van der Waals surface area contributed by atoms with Gasteiger partial charge in [0.2, 0.25) is 0 Å². The van der Waals surface area contributed by atoms with Crippen molar-refractivity contribution in [1.29, 1.82) is 0 Å². The second-order valence-electron chi connectivity index (χ2n) is 4.16. The molecule has 1 aromatic heterocycles. The molecule has 0 saturated carbocycles. The number of nitrogens with zero attached hydrogens (tertiary/aromatic N) is 1. The number of aromatic nitrogens is 1. The lowest BCUT2D eigenvalue weighted by Crippen LogP contribution is -2.19. The van der Waals surface area contributed by atoms with Crippen molar-refractivity contribution in [2.45, 2.75) is 6.92 Å². The molecule has 0 aliphatic heterocycles. The van der Waals surface area contributed by atoms with Crippen molar-refractivity contribution in [3.05, 3.63) is 47.4 Å². The van der Waals surface area contributed by atoms with Crippen LogP contribution in [-0.4, -0.2) is 17.9 Å². The first kappa shape index (κ1) is 13.0. The van der Waals surface area contributed by atoms with Crippen molar-refractivity contribution in [1.82, 2.24) is 10.3 Å². The van der Waals surface area contributed by atoms with E-state index >= 15 is 0 Å². The molecule has 5 heteroatoms. The summed E-state index contributed by atoms with van der Waals surface area (Å²) < 4.78 is 13.9. The number of anilines is 1. The van der Waals surface area contributed by atoms with Crippen LogP contribution in [0.25, 0.3) is 11.3 Å². The van der Waals surface area contributed by atoms with E-state index in [2.05, 4.69) is 10.3 Å². The normalized spacial score (nSPS) is 10.3. The zero-order valence-corrected chi connectivity index (χ0v) is 10.7. The van der Waals surface area contributed by atoms with Crippen LogP contribution in [0.2, 0.25) is 0 Å². The number of benzene rings is 1. The third kappa shape index (κ3) is 2.54. The lowest BCUT2D eigenvalue weighted by Gasteiger charge is -2.08. The molecule has 0 aliphatic rings. The van der Waals surface area contributed by atoms with E-state index < -0.39 is 11.7 Å². The zero-order valence-electron chi connectivity index (χ0n) is 10.7. The fraction of sp³-hybridized carbons (Fsp3) is 0.143. The first-order valence-corrected chi connectivity index (χ1v) is 5.78. The van der Waals surface area contributed by atoms with Crippen molar-refractivity contribution in [3.63, 3.8) is 0 Å². The van der Waals surface area contributed by atoms with Crippen LogP contribution in [0.15, 0.2) is 30.3 Å². The van der Waals surface area contributed by atoms with Gasteiger partial charge in [0.05, 0.1) is 16.9 Å². The number of nitrogen functional groups attached to an aromatic ring is 1. The molecule has 98 valence electrons. The second-order valence-corrected chi connectivity index (χ2v) is 4.16. The average Bonchev–Trinajstić information content (AvgIpc) is 2.40. The quantitative estimate of drug-likeness (QED) is 0.868. The predicted molar refractivity (Wildman–Crippen MR) is 72.2 cm³/mol. The number of carbonyl (C=O) groups is 1. The van der Waals surface area contributed by atoms with Crippen LogP contribution in [-0.2, 0) is 0 Å². The van der Waals surface area contributed by atoms with Gasteiger partial charge in [-0.25, -0.2) is 4.39 Å². The number of hydrogen-bond acceptors (Lipinski definition) is 3. The topological polar surface area (TPSA) is 68.0 Å². The number of aryl methyl sites for hydroxylation is 1. The molecule has 0 aliphatic carbocycles. The Morgan fingerprint density at radius 1 is 1.32 bits per heavy atom. The molecule has 0 fully saturated rings. The third-order valence-electron chi connectivity index (χ3n) is 2.78. The summed E-state index contributed by atoms with van der Waals surface area (Å²) in [6.07, 6.45) is 0. The van der Waals surface area contributed by atoms with E-state index in [4.69, 9.17) is 5.73 Å². The van der Waals surface area contributed by atoms with E-state index in [0.29, 0.717) is 16.9 Å². The summed E-state index contributed by atoms with van der Waals surface area (Å²) in [5.74, 6) is -1.06. The lowest BCUT2D eigenvalue weighted by molar-refractivity contribution is 0.0959. The Morgan fingerprint density at radius 3 is 2.68 bits per heavy atom. The first-order chi connectivity index (χ1) is 9.02. The molecule has 0 bridgehead atoms. The van der Waals surface area contributed by atoms with Crippen LogP contribution in [0.4, 0.5) is 10.1 Å². The minimum atomic E-state index is -0.598. The maximum atomic E-state index is 13.9. The molecular formula is C14H14FN3O. The highest BCUT2D eigenvalue weighted by Gasteiger charge is 2.13. The van der Waals surface area contributed by atoms with Gasteiger partial charge < -0.3 is 11.1 Å². The number of rotatable bonds is 2. The number of nitrogens with two attached hydrogens (primary N) is 1. The molecule has 1 heterocycles. The fourth-order valence-electron chi connectivity index (χ4n) is 1.78. The Balaban J connectivity index is 2.50. The molecule has 0 atom stereocenters. The maximum Gasteiger partial charge on any atom is 0.253 e. The Morgan fingerprint density at radius 2 is 2.05 bits per heavy atom. The van der Waals surface area contributed by atoms with Gasteiger partial charge >= 0.3 is 0 Å². The van der Waals surface area contributed by atoms with Gasteiger partial charge in [0.25, 0.3) is 5.91 Å². The van der Waals surface area contributed by atoms with Crippen LogP contribution >= 0.6 is 0 Å². The summed E-state index contributed by atoms with van der Waals surface area (Å²) in [6.45, 7) is 1.83. The van der Waals surface area contributed by atoms with Crippen molar-refractivity contribution in [2.75, 3.05) is 12.8 Å². The monoisotopic (exact) mass is 259 g/mol. The molecule has 0 saturated heterocycles. The summed E-state index contributed by atoms with van der Waals surface area (Å²) in [5.41, 5.74) is 8.15. The SMILES string of the molecule is CNC(=O)c1ccc(-c2nc(C)ccc2N)cc1F. The summed E-state index contributed by atoms with van der Waals surface area (Å²) in [4.78, 5) is 15.7. The van der Waals surface area contributed by atoms with E-state index in [1.54, 1.807) is 18.2 Å². The van der Waals surface area contributed by atoms with Gasteiger partial charge in [-0.15, -0.1) is 0 Å². The zero-order chi connectivity index (χ0) is 14.0. The molecule has 0 spiro atoms. The summed E-state index contributed by atoms with van der Waals surface area (Å²) in [6, 6.07) is 7.83. The number of carbonyl (C=O) groups excluding carboxylic acids is 1. The Labute approximate surface area is 110 Å². The molecular weight excluding hydrogens is 245 g/mol. The highest BCUT2D eigenvalue weighted by atomic mass is 19.1. The average molecular weight is 259 g/mol. The smallest absolute Gasteiger partial charge is 0.253 e. The summed E-state index contributed by atoms with van der Waals surface area (Å²) in [7, 11) is 1.45. The van der Waals surface area contributed by atoms with E-state index in [-0.39, 0.29) is 5.56 Å². The molecule has 1 amide bonds. The van der Waals surface area contributed by atoms with E-state index in [1.807, 2.05) is 6.92 Å². The number of amides is 1. The van der Waals surface area contributed by atoms with E-state index in [0.717, 1.165) is 5.69 Å². The Hall–Kier alpha value is -2.43. The Kier molecular flexibility index (Phi) is 3.46. The van der Waals surface area contributed by atoms with Crippen LogP contribution < -0.4 is 11.1 Å². The number of halogens is 1. The molecule has 1 aromatic carbocycles. The van der Waals surface area contributed by atoms with Crippen molar-refractivity contribution < 1.29 is 9.18 Å². The predicted octanol–water partition coefficient (Wildman–Crippen LogP) is 2.14. The highest BCUT2D eigenvalue weighted by Crippen LogP contribution is 2.25. The summed E-state index contributed by atoms with van der Waals surface area (Å²) in [5, 5.41) is 2.38. The van der Waals surface area contributed by atoms with Gasteiger partial charge in [-0.05, 0) is 31.2 Å². The van der Waals surface area contributed by atoms with Gasteiger partial charge in [-0.2, -0.15) is 0 Å². The molecule has 2 aromatic rings. The van der Waals surface area contributed by atoms with Gasteiger partial charge in [0.1, 0.15) is 5.82 Å². The maximum absolute atomic E-state index is 13.9. The van der Waals surface area contributed by atoms with Crippen molar-refractivity contribution >= 4 is 11.6 Å². The lowest BCUT2D eigenvalue weighted by atomic mass is 10.1. The van der Waals surface area contributed by atoms with Gasteiger partial charge in [-0.1, -0.05) is 6.07 Å². The molecule has 2 rings (SSSR count). The van der Waals surface area contributed by atoms with Gasteiger partial charge in [0.15, 0.2) is 0 Å². The summed E-state index contributed by atoms with van der Waals surface area (Å²) >= 11 is 0. The molecule has 19 heavy (non-hydrogen) atoms. The van der Waals surface area contributed by atoms with Gasteiger partial charge in [0, 0.05) is 18.3 Å². The van der Waals surface area contributed by atoms with Crippen LogP contribution in [0.3, 0.4) is 0 Å². The minimum absolute atomic E-state index is 0.00234. The number of hydrogen-bond donors (Lipinski definition) is 2. The van der Waals surface area contributed by atoms with Crippen molar-refractivity contribution in [2.24, 2.45) is 0 Å². The fourth-order valence-corrected chi connectivity index (χ4v) is 1.78. The van der Waals surface area contributed by atoms with E-state index in [1.165, 1.54) is 19.2 Å². The standard InChI is InChI=1S/C14H14FN3O/c1-8-3-6-12(16)13(18-8)9-4-5-10(11(15)7-9)14(19)17-2/h3-7H,16H2,1-2H3,(H,17,19). The first-order valence-electron chi connectivity index (χ1n) is 5.78. The molecule has 4 nitrogen and oxygen atoms in total. The van der Waals surface area contributed by atoms with Gasteiger partial charge in [-0.3, -0.25) is 9.78 Å². The van der Waals surface area contributed by atoms with Crippen molar-refractivity contribution in [3.8, 4) is 11.3 Å². The third-order valence-corrected chi connectivity index (χ3v) is 2.78. The molecule has 3 N–H and O–H groups in total. The largest absolute Gasteiger partial charge is 0.397 e. The Bertz CT molecular complexity index is 641. The second kappa shape index (κ2) is 5.06. The van der Waals surface area contributed by atoms with Crippen LogP contribution in [0.5, 0.6) is 0 Å². The van der Waals surface area contributed by atoms with Crippen LogP contribution in [0.1, 0.15) is 16.1 Å².